The molecule has 0 aliphatic rings. The first-order chi connectivity index (χ1) is 4.83. The molecule has 0 rings (SSSR count). The number of hydrogen-bond donors (Lipinski definition) is 1. The summed E-state index contributed by atoms with van der Waals surface area (Å²) in [4.78, 5) is 10.5. The van der Waals surface area contributed by atoms with Crippen molar-refractivity contribution >= 4 is 25.4 Å². The summed E-state index contributed by atoms with van der Waals surface area (Å²) in [7, 11) is -2.37. The number of rotatable bonds is 4. The summed E-state index contributed by atoms with van der Waals surface area (Å²) < 4.78 is 21.1. The van der Waals surface area contributed by atoms with Crippen molar-refractivity contribution in [3.63, 3.8) is 0 Å². The van der Waals surface area contributed by atoms with Crippen molar-refractivity contribution < 1.29 is 13.2 Å². The molecule has 11 heavy (non-hydrogen) atoms. The predicted molar refractivity (Wildman–Crippen MR) is 46.0 cm³/mol. The van der Waals surface area contributed by atoms with Gasteiger partial charge in [0, 0.05) is 12.0 Å². The maximum Gasteiger partial charge on any atom is 0.198 e. The smallest absolute Gasteiger partial charge is 0.198 e. The molecule has 0 amide bonds. The number of Topliss-reactive ketones (excluding diaryl/α,β-unsaturated/α-hetero) is 1. The normalized spacial score (nSPS) is 14.5. The molecule has 66 valence electrons. The van der Waals surface area contributed by atoms with Crippen molar-refractivity contribution in [2.75, 3.05) is 12.0 Å². The molecule has 0 aromatic carbocycles. The van der Waals surface area contributed by atoms with Gasteiger partial charge < -0.3 is 5.73 Å². The number of hydrogen-bond acceptors (Lipinski definition) is 5. The topological polar surface area (TPSA) is 77.2 Å². The molecule has 0 heterocycles. The van der Waals surface area contributed by atoms with E-state index in [9.17, 15) is 13.2 Å². The first-order valence-electron chi connectivity index (χ1n) is 2.93. The maximum absolute atomic E-state index is 10.6. The van der Waals surface area contributed by atoms with Crippen molar-refractivity contribution in [2.24, 2.45) is 5.73 Å². The highest BCUT2D eigenvalue weighted by molar-refractivity contribution is 8.71. The zero-order chi connectivity index (χ0) is 9.07. The van der Waals surface area contributed by atoms with Gasteiger partial charge in [0.05, 0.1) is 6.04 Å². The zero-order valence-corrected chi connectivity index (χ0v) is 8.04. The van der Waals surface area contributed by atoms with E-state index in [1.165, 1.54) is 6.92 Å². The average Bonchev–Trinajstić information content (AvgIpc) is 1.80. The van der Waals surface area contributed by atoms with E-state index >= 15 is 0 Å². The van der Waals surface area contributed by atoms with Gasteiger partial charge in [-0.1, -0.05) is 0 Å². The highest BCUT2D eigenvalue weighted by Crippen LogP contribution is 2.10. The van der Waals surface area contributed by atoms with E-state index in [4.69, 9.17) is 5.73 Å². The van der Waals surface area contributed by atoms with E-state index in [0.29, 0.717) is 10.8 Å². The summed E-state index contributed by atoms with van der Waals surface area (Å²) in [6.07, 6.45) is 1.09. The van der Waals surface area contributed by atoms with Crippen LogP contribution in [0.1, 0.15) is 6.92 Å². The van der Waals surface area contributed by atoms with Crippen molar-refractivity contribution in [3.05, 3.63) is 0 Å². The molecule has 4 nitrogen and oxygen atoms in total. The van der Waals surface area contributed by atoms with Crippen LogP contribution in [0.2, 0.25) is 0 Å². The second-order valence-corrected chi connectivity index (χ2v) is 6.71. The van der Waals surface area contributed by atoms with Gasteiger partial charge in [-0.3, -0.25) is 4.79 Å². The van der Waals surface area contributed by atoms with Gasteiger partial charge in [-0.15, -0.1) is 0 Å². The Morgan fingerprint density at radius 2 is 2.09 bits per heavy atom. The van der Waals surface area contributed by atoms with E-state index in [2.05, 4.69) is 0 Å². The molecule has 0 aliphatic heterocycles. The van der Waals surface area contributed by atoms with E-state index in [0.717, 1.165) is 6.26 Å². The first kappa shape index (κ1) is 10.9. The number of nitrogens with two attached hydrogens (primary N) is 1. The molecular formula is C5H11NO3S2. The Morgan fingerprint density at radius 1 is 1.64 bits per heavy atom. The molecular weight excluding hydrogens is 186 g/mol. The van der Waals surface area contributed by atoms with E-state index in [1.54, 1.807) is 0 Å². The third-order valence-electron chi connectivity index (χ3n) is 0.984. The van der Waals surface area contributed by atoms with Crippen LogP contribution in [0.3, 0.4) is 0 Å². The highest BCUT2D eigenvalue weighted by atomic mass is 33.1. The van der Waals surface area contributed by atoms with Gasteiger partial charge in [0.25, 0.3) is 0 Å². The van der Waals surface area contributed by atoms with Gasteiger partial charge in [-0.25, -0.2) is 8.42 Å². The van der Waals surface area contributed by atoms with Crippen LogP contribution in [0.15, 0.2) is 0 Å². The lowest BCUT2D eigenvalue weighted by Gasteiger charge is -2.04. The van der Waals surface area contributed by atoms with Crippen LogP contribution >= 0.6 is 10.8 Å². The van der Waals surface area contributed by atoms with Gasteiger partial charge >= 0.3 is 0 Å². The molecule has 0 aliphatic carbocycles. The number of carbonyl (C=O) groups is 1. The average molecular weight is 197 g/mol. The quantitative estimate of drug-likeness (QED) is 0.620. The van der Waals surface area contributed by atoms with Crippen LogP contribution < -0.4 is 5.73 Å². The van der Waals surface area contributed by atoms with E-state index < -0.39 is 14.9 Å². The third kappa shape index (κ3) is 6.33. The van der Waals surface area contributed by atoms with Crippen LogP contribution in [0.4, 0.5) is 0 Å². The molecule has 1 atom stereocenters. The van der Waals surface area contributed by atoms with Crippen LogP contribution in [0.5, 0.6) is 0 Å². The molecule has 0 spiro atoms. The van der Waals surface area contributed by atoms with Gasteiger partial charge in [0.15, 0.2) is 8.87 Å². The van der Waals surface area contributed by atoms with Crippen LogP contribution in [-0.2, 0) is 13.7 Å². The van der Waals surface area contributed by atoms with Crippen molar-refractivity contribution in [1.82, 2.24) is 0 Å². The molecule has 0 aromatic heterocycles. The first-order valence-corrected chi connectivity index (χ1v) is 6.33. The van der Waals surface area contributed by atoms with Gasteiger partial charge in [0.1, 0.15) is 5.78 Å². The second-order valence-electron chi connectivity index (χ2n) is 2.21. The molecule has 0 saturated heterocycles. The standard InChI is InChI=1S/C5H11NO3S2/c1-4(7)5(6)3-10-11(2,8)9/h5H,3,6H2,1-2H3. The monoisotopic (exact) mass is 197 g/mol. The fourth-order valence-electron chi connectivity index (χ4n) is 0.314. The Bertz CT molecular complexity index is 234. The number of ketones is 1. The minimum absolute atomic E-state index is 0.133. The second kappa shape index (κ2) is 4.08. The van der Waals surface area contributed by atoms with Gasteiger partial charge in [0.2, 0.25) is 0 Å². The Balaban J connectivity index is 3.82. The molecule has 1 unspecified atom stereocenters. The minimum Gasteiger partial charge on any atom is -0.321 e. The lowest BCUT2D eigenvalue weighted by atomic mass is 10.3. The summed E-state index contributed by atoms with van der Waals surface area (Å²) in [5, 5.41) is 0. The fraction of sp³-hybridized carbons (Fsp3) is 0.800. The molecule has 0 fully saturated rings. The fourth-order valence-corrected chi connectivity index (χ4v) is 2.12. The molecule has 0 bridgehead atoms. The molecule has 0 radical (unpaired) electrons. The minimum atomic E-state index is -3.07. The van der Waals surface area contributed by atoms with Gasteiger partial charge in [-0.2, -0.15) is 0 Å². The van der Waals surface area contributed by atoms with Crippen LogP contribution in [0, 0.1) is 0 Å². The Morgan fingerprint density at radius 3 is 2.36 bits per heavy atom. The number of carbonyl (C=O) groups excluding carboxylic acids is 1. The summed E-state index contributed by atoms with van der Waals surface area (Å²) >= 11 is 0. The van der Waals surface area contributed by atoms with Crippen molar-refractivity contribution in [1.29, 1.82) is 0 Å². The summed E-state index contributed by atoms with van der Waals surface area (Å²) in [5.74, 6) is -0.0603. The highest BCUT2D eigenvalue weighted by Gasteiger charge is 2.11. The van der Waals surface area contributed by atoms with Crippen molar-refractivity contribution in [2.45, 2.75) is 13.0 Å². The predicted octanol–water partition coefficient (Wildman–Crippen LogP) is -0.404. The Hall–Kier alpha value is -0.0700. The van der Waals surface area contributed by atoms with Crippen molar-refractivity contribution in [3.8, 4) is 0 Å². The maximum atomic E-state index is 10.6. The van der Waals surface area contributed by atoms with Crippen LogP contribution in [0.25, 0.3) is 0 Å². The summed E-state index contributed by atoms with van der Waals surface area (Å²) in [5.41, 5.74) is 5.29. The lowest BCUT2D eigenvalue weighted by Crippen LogP contribution is -2.31. The molecule has 0 aromatic rings. The molecule has 0 saturated carbocycles. The Labute approximate surface area is 69.8 Å². The molecule has 2 N–H and O–H groups in total. The van der Waals surface area contributed by atoms with Crippen LogP contribution in [-0.4, -0.2) is 32.3 Å². The van der Waals surface area contributed by atoms with E-state index in [1.807, 2.05) is 0 Å². The lowest BCUT2D eigenvalue weighted by molar-refractivity contribution is -0.117. The Kier molecular flexibility index (Phi) is 4.05. The largest absolute Gasteiger partial charge is 0.321 e. The summed E-state index contributed by atoms with van der Waals surface area (Å²) in [6, 6.07) is -0.672. The van der Waals surface area contributed by atoms with Gasteiger partial charge in [-0.05, 0) is 17.7 Å². The zero-order valence-electron chi connectivity index (χ0n) is 6.40. The molecule has 6 heteroatoms. The SMILES string of the molecule is CC(=O)C(N)CSS(C)(=O)=O. The third-order valence-corrected chi connectivity index (χ3v) is 3.60. The summed E-state index contributed by atoms with van der Waals surface area (Å²) in [6.45, 7) is 1.34. The van der Waals surface area contributed by atoms with E-state index in [-0.39, 0.29) is 11.5 Å².